The summed E-state index contributed by atoms with van der Waals surface area (Å²) in [5.74, 6) is 0.189. The number of hydrogen-bond acceptors (Lipinski definition) is 6. The Morgan fingerprint density at radius 2 is 2.06 bits per heavy atom. The van der Waals surface area contributed by atoms with Gasteiger partial charge in [0, 0.05) is 22.6 Å². The second-order valence-corrected chi connectivity index (χ2v) is 8.46. The summed E-state index contributed by atoms with van der Waals surface area (Å²) in [7, 11) is 0. The molecule has 9 heteroatoms. The molecule has 2 aromatic carbocycles. The number of amides is 1. The smallest absolute Gasteiger partial charge is 0.268 e. The second kappa shape index (κ2) is 10.1. The molecule has 2 aromatic heterocycles. The number of ether oxygens (including phenoxy) is 1. The molecule has 7 nitrogen and oxygen atoms in total. The number of nitrogens with zero attached hydrogens (tertiary/aromatic N) is 4. The number of aromatic nitrogens is 3. The van der Waals surface area contributed by atoms with Gasteiger partial charge in [0.25, 0.3) is 5.91 Å². The molecule has 0 radical (unpaired) electrons. The first-order valence-electron chi connectivity index (χ1n) is 9.91. The van der Waals surface area contributed by atoms with Crippen molar-refractivity contribution in [2.75, 3.05) is 5.32 Å². The Bertz CT molecular complexity index is 1370. The van der Waals surface area contributed by atoms with Gasteiger partial charge >= 0.3 is 0 Å². The summed E-state index contributed by atoms with van der Waals surface area (Å²) in [6.45, 7) is 2.19. The van der Waals surface area contributed by atoms with Crippen LogP contribution in [-0.4, -0.2) is 20.7 Å². The molecular formula is C24H18ClN5O2S. The molecule has 0 bridgehead atoms. The molecule has 33 heavy (non-hydrogen) atoms. The Morgan fingerprint density at radius 1 is 1.21 bits per heavy atom. The first-order valence-corrected chi connectivity index (χ1v) is 11.1. The third-order valence-electron chi connectivity index (χ3n) is 4.66. The third kappa shape index (κ3) is 5.47. The minimum Gasteiger partial charge on any atom is -0.486 e. The Hall–Kier alpha value is -3.93. The van der Waals surface area contributed by atoms with Gasteiger partial charge in [-0.2, -0.15) is 5.26 Å². The zero-order chi connectivity index (χ0) is 23.2. The van der Waals surface area contributed by atoms with Crippen molar-refractivity contribution in [3.8, 4) is 17.5 Å². The largest absolute Gasteiger partial charge is 0.486 e. The number of hydrogen-bond donors (Lipinski definition) is 1. The van der Waals surface area contributed by atoms with E-state index in [4.69, 9.17) is 16.3 Å². The molecule has 0 spiro atoms. The lowest BCUT2D eigenvalue weighted by Crippen LogP contribution is -2.13. The minimum absolute atomic E-state index is 0.0649. The number of nitrogens with one attached hydrogen (secondary N) is 1. The molecule has 4 rings (SSSR count). The van der Waals surface area contributed by atoms with Crippen molar-refractivity contribution in [1.29, 1.82) is 5.26 Å². The fourth-order valence-electron chi connectivity index (χ4n) is 3.05. The summed E-state index contributed by atoms with van der Waals surface area (Å²) < 4.78 is 7.60. The molecule has 0 aliphatic heterocycles. The van der Waals surface area contributed by atoms with E-state index in [0.29, 0.717) is 15.7 Å². The van der Waals surface area contributed by atoms with Crippen molar-refractivity contribution in [3.63, 3.8) is 0 Å². The summed E-state index contributed by atoms with van der Waals surface area (Å²) >= 11 is 7.28. The number of halogens is 1. The SMILES string of the molecule is Cc1ccccc1OCc1nnc(NC(=O)/C(C#N)=C\c2cccn2-c2cccc(Cl)c2)s1. The van der Waals surface area contributed by atoms with Crippen LogP contribution < -0.4 is 10.1 Å². The highest BCUT2D eigenvalue weighted by molar-refractivity contribution is 7.15. The summed E-state index contributed by atoms with van der Waals surface area (Å²) in [4.78, 5) is 12.7. The average Bonchev–Trinajstić information content (AvgIpc) is 3.46. The van der Waals surface area contributed by atoms with Gasteiger partial charge in [-0.3, -0.25) is 10.1 Å². The maximum Gasteiger partial charge on any atom is 0.268 e. The van der Waals surface area contributed by atoms with Crippen LogP contribution in [0, 0.1) is 18.3 Å². The third-order valence-corrected chi connectivity index (χ3v) is 5.70. The number of aryl methyl sites for hydroxylation is 1. The predicted molar refractivity (Wildman–Crippen MR) is 128 cm³/mol. The molecule has 0 saturated carbocycles. The molecule has 0 aliphatic carbocycles. The minimum atomic E-state index is -0.570. The van der Waals surface area contributed by atoms with Crippen molar-refractivity contribution < 1.29 is 9.53 Å². The van der Waals surface area contributed by atoms with Crippen LogP contribution in [0.15, 0.2) is 72.4 Å². The summed E-state index contributed by atoms with van der Waals surface area (Å²) in [5.41, 5.74) is 2.43. The lowest BCUT2D eigenvalue weighted by atomic mass is 10.2. The van der Waals surface area contributed by atoms with Gasteiger partial charge in [-0.1, -0.05) is 47.2 Å². The van der Waals surface area contributed by atoms with Crippen molar-refractivity contribution in [3.05, 3.63) is 93.7 Å². The van der Waals surface area contributed by atoms with Crippen molar-refractivity contribution in [1.82, 2.24) is 14.8 Å². The van der Waals surface area contributed by atoms with E-state index in [1.54, 1.807) is 18.2 Å². The van der Waals surface area contributed by atoms with Gasteiger partial charge in [0.15, 0.2) is 5.01 Å². The molecule has 0 atom stereocenters. The lowest BCUT2D eigenvalue weighted by Gasteiger charge is -2.07. The number of carbonyl (C=O) groups excluding carboxylic acids is 1. The van der Waals surface area contributed by atoms with Crippen LogP contribution in [0.3, 0.4) is 0 Å². The van der Waals surface area contributed by atoms with E-state index >= 15 is 0 Å². The van der Waals surface area contributed by atoms with Crippen molar-refractivity contribution in [2.24, 2.45) is 0 Å². The second-order valence-electron chi connectivity index (χ2n) is 6.96. The van der Waals surface area contributed by atoms with Gasteiger partial charge in [-0.05, 0) is 55.0 Å². The number of para-hydroxylation sites is 1. The molecular weight excluding hydrogens is 458 g/mol. The first kappa shape index (κ1) is 22.3. The molecule has 164 valence electrons. The number of nitriles is 1. The Kier molecular flexibility index (Phi) is 6.83. The summed E-state index contributed by atoms with van der Waals surface area (Å²) in [6.07, 6.45) is 3.34. The molecule has 0 aliphatic rings. The van der Waals surface area contributed by atoms with Gasteiger partial charge in [-0.25, -0.2) is 0 Å². The highest BCUT2D eigenvalue weighted by atomic mass is 35.5. The summed E-state index contributed by atoms with van der Waals surface area (Å²) in [5, 5.41) is 21.7. The maximum atomic E-state index is 12.7. The van der Waals surface area contributed by atoms with E-state index in [1.165, 1.54) is 17.4 Å². The monoisotopic (exact) mass is 475 g/mol. The molecule has 4 aromatic rings. The topological polar surface area (TPSA) is 92.8 Å². The normalized spacial score (nSPS) is 11.1. The van der Waals surface area contributed by atoms with Crippen LogP contribution in [0.5, 0.6) is 5.75 Å². The van der Waals surface area contributed by atoms with Crippen LogP contribution in [0.2, 0.25) is 5.02 Å². The van der Waals surface area contributed by atoms with E-state index in [-0.39, 0.29) is 17.3 Å². The van der Waals surface area contributed by atoms with E-state index < -0.39 is 5.91 Å². The molecule has 0 saturated heterocycles. The van der Waals surface area contributed by atoms with Gasteiger partial charge in [-0.15, -0.1) is 10.2 Å². The highest BCUT2D eigenvalue weighted by Gasteiger charge is 2.14. The standard InChI is InChI=1S/C24H18ClN5O2S/c1-16-6-2-3-10-21(16)32-15-22-28-29-24(33-22)27-23(31)17(14-26)12-19-9-5-11-30(19)20-8-4-7-18(25)13-20/h2-13H,15H2,1H3,(H,27,29,31)/b17-12-. The molecule has 2 heterocycles. The average molecular weight is 476 g/mol. The Labute approximate surface area is 199 Å². The number of benzene rings is 2. The Balaban J connectivity index is 1.45. The van der Waals surface area contributed by atoms with Gasteiger partial charge < -0.3 is 9.30 Å². The zero-order valence-corrected chi connectivity index (χ0v) is 19.1. The molecule has 1 amide bonds. The summed E-state index contributed by atoms with van der Waals surface area (Å²) in [6, 6.07) is 20.5. The van der Waals surface area contributed by atoms with Crippen LogP contribution in [0.4, 0.5) is 5.13 Å². The van der Waals surface area contributed by atoms with Gasteiger partial charge in [0.2, 0.25) is 5.13 Å². The predicted octanol–water partition coefficient (Wildman–Crippen LogP) is 5.42. The molecule has 0 fully saturated rings. The van der Waals surface area contributed by atoms with Crippen molar-refractivity contribution >= 4 is 40.1 Å². The Morgan fingerprint density at radius 3 is 2.85 bits per heavy atom. The van der Waals surface area contributed by atoms with Crippen LogP contribution in [-0.2, 0) is 11.4 Å². The van der Waals surface area contributed by atoms with E-state index in [0.717, 1.165) is 17.0 Å². The maximum absolute atomic E-state index is 12.7. The lowest BCUT2D eigenvalue weighted by molar-refractivity contribution is -0.112. The van der Waals surface area contributed by atoms with Crippen LogP contribution in [0.25, 0.3) is 11.8 Å². The molecule has 1 N–H and O–H groups in total. The van der Waals surface area contributed by atoms with E-state index in [9.17, 15) is 10.1 Å². The van der Waals surface area contributed by atoms with Gasteiger partial charge in [0.1, 0.15) is 24.0 Å². The molecule has 0 unspecified atom stereocenters. The quantitative estimate of drug-likeness (QED) is 0.285. The number of rotatable bonds is 7. The number of anilines is 1. The zero-order valence-electron chi connectivity index (χ0n) is 17.5. The van der Waals surface area contributed by atoms with Gasteiger partial charge in [0.05, 0.1) is 0 Å². The van der Waals surface area contributed by atoms with E-state index in [2.05, 4.69) is 15.5 Å². The first-order chi connectivity index (χ1) is 16.0. The fraction of sp³-hybridized carbons (Fsp3) is 0.0833. The van der Waals surface area contributed by atoms with Crippen LogP contribution in [0.1, 0.15) is 16.3 Å². The highest BCUT2D eigenvalue weighted by Crippen LogP contribution is 2.22. The number of carbonyl (C=O) groups is 1. The van der Waals surface area contributed by atoms with Crippen LogP contribution >= 0.6 is 22.9 Å². The fourth-order valence-corrected chi connectivity index (χ4v) is 3.89. The van der Waals surface area contributed by atoms with E-state index in [1.807, 2.05) is 66.2 Å². The van der Waals surface area contributed by atoms with Crippen molar-refractivity contribution in [2.45, 2.75) is 13.5 Å².